The van der Waals surface area contributed by atoms with E-state index in [1.165, 1.54) is 0 Å². The number of nitrogens with one attached hydrogen (secondary N) is 1. The minimum atomic E-state index is -0.550. The van der Waals surface area contributed by atoms with E-state index >= 15 is 0 Å². The van der Waals surface area contributed by atoms with Crippen molar-refractivity contribution in [2.45, 2.75) is 20.3 Å². The SMILES string of the molecule is Cc1ccc(-c2nc(C(=O)NN)c3c(n2)N(c2ccccc2C)C(=O)C3)cc1. The molecule has 1 aromatic heterocycles. The Labute approximate surface area is 162 Å². The van der Waals surface area contributed by atoms with Gasteiger partial charge in [0.2, 0.25) is 5.91 Å². The number of nitrogen functional groups attached to an aromatic ring is 1. The van der Waals surface area contributed by atoms with E-state index in [-0.39, 0.29) is 18.0 Å². The molecular formula is C21H19N5O2. The molecule has 0 aliphatic carbocycles. The van der Waals surface area contributed by atoms with Crippen LogP contribution in [0.5, 0.6) is 0 Å². The smallest absolute Gasteiger partial charge is 0.284 e. The Morgan fingerprint density at radius 3 is 2.46 bits per heavy atom. The molecule has 4 rings (SSSR count). The van der Waals surface area contributed by atoms with Crippen molar-refractivity contribution in [1.82, 2.24) is 15.4 Å². The molecule has 1 aliphatic rings. The van der Waals surface area contributed by atoms with E-state index in [0.29, 0.717) is 17.2 Å². The largest absolute Gasteiger partial charge is 0.289 e. The number of carbonyl (C=O) groups excluding carboxylic acids is 2. The van der Waals surface area contributed by atoms with Crippen molar-refractivity contribution in [3.05, 3.63) is 70.9 Å². The van der Waals surface area contributed by atoms with Crippen LogP contribution in [0.25, 0.3) is 11.4 Å². The average Bonchev–Trinajstić information content (AvgIpc) is 3.03. The molecule has 7 heteroatoms. The number of fused-ring (bicyclic) bond motifs is 1. The molecular weight excluding hydrogens is 354 g/mol. The van der Waals surface area contributed by atoms with Crippen molar-refractivity contribution in [2.24, 2.45) is 5.84 Å². The van der Waals surface area contributed by atoms with E-state index in [4.69, 9.17) is 5.84 Å². The first-order valence-electron chi connectivity index (χ1n) is 8.87. The summed E-state index contributed by atoms with van der Waals surface area (Å²) in [4.78, 5) is 35.8. The van der Waals surface area contributed by atoms with Crippen LogP contribution >= 0.6 is 0 Å². The zero-order valence-corrected chi connectivity index (χ0v) is 15.6. The van der Waals surface area contributed by atoms with Gasteiger partial charge in [-0.1, -0.05) is 48.0 Å². The molecule has 7 nitrogen and oxygen atoms in total. The molecule has 2 aromatic carbocycles. The standard InChI is InChI=1S/C21H19N5O2/c1-12-7-9-14(10-8-12)19-23-18(21(28)25-22)15-11-17(27)26(20(15)24-19)16-6-4-3-5-13(16)2/h3-10H,11,22H2,1-2H3,(H,25,28). The first-order valence-corrected chi connectivity index (χ1v) is 8.87. The second-order valence-electron chi connectivity index (χ2n) is 6.73. The fourth-order valence-electron chi connectivity index (χ4n) is 3.32. The molecule has 0 bridgehead atoms. The lowest BCUT2D eigenvalue weighted by Crippen LogP contribution is -2.31. The Kier molecular flexibility index (Phi) is 4.37. The van der Waals surface area contributed by atoms with E-state index in [1.54, 1.807) is 4.90 Å². The Balaban J connectivity index is 1.95. The second-order valence-corrected chi connectivity index (χ2v) is 6.73. The van der Waals surface area contributed by atoms with E-state index in [0.717, 1.165) is 22.4 Å². The van der Waals surface area contributed by atoms with Crippen LogP contribution in [0, 0.1) is 13.8 Å². The van der Waals surface area contributed by atoms with Gasteiger partial charge >= 0.3 is 0 Å². The number of carbonyl (C=O) groups is 2. The van der Waals surface area contributed by atoms with Crippen LogP contribution < -0.4 is 16.2 Å². The van der Waals surface area contributed by atoms with Gasteiger partial charge in [-0.15, -0.1) is 0 Å². The Hall–Kier alpha value is -3.58. The fourth-order valence-corrected chi connectivity index (χ4v) is 3.32. The number of nitrogens with zero attached hydrogens (tertiary/aromatic N) is 3. The zero-order chi connectivity index (χ0) is 19.8. The van der Waals surface area contributed by atoms with Gasteiger partial charge < -0.3 is 0 Å². The summed E-state index contributed by atoms with van der Waals surface area (Å²) in [6.45, 7) is 3.91. The third kappa shape index (κ3) is 2.91. The molecule has 0 atom stereocenters. The van der Waals surface area contributed by atoms with E-state index in [1.807, 2.05) is 62.4 Å². The minimum Gasteiger partial charge on any atom is -0.289 e. The van der Waals surface area contributed by atoms with Gasteiger partial charge in [0.1, 0.15) is 11.5 Å². The maximum Gasteiger partial charge on any atom is 0.284 e. The van der Waals surface area contributed by atoms with Gasteiger partial charge in [0, 0.05) is 11.1 Å². The lowest BCUT2D eigenvalue weighted by molar-refractivity contribution is -0.116. The van der Waals surface area contributed by atoms with Gasteiger partial charge in [-0.3, -0.25) is 19.9 Å². The molecule has 3 aromatic rings. The first-order chi connectivity index (χ1) is 13.5. The molecule has 0 unspecified atom stereocenters. The quantitative estimate of drug-likeness (QED) is 0.417. The summed E-state index contributed by atoms with van der Waals surface area (Å²) in [5.74, 6) is 5.43. The number of benzene rings is 2. The topological polar surface area (TPSA) is 101 Å². The second kappa shape index (κ2) is 6.86. The molecule has 3 N–H and O–H groups in total. The van der Waals surface area contributed by atoms with Crippen LogP contribution in [-0.4, -0.2) is 21.8 Å². The maximum atomic E-state index is 12.8. The van der Waals surface area contributed by atoms with E-state index in [2.05, 4.69) is 15.4 Å². The van der Waals surface area contributed by atoms with Crippen molar-refractivity contribution in [3.63, 3.8) is 0 Å². The number of aryl methyl sites for hydroxylation is 2. The van der Waals surface area contributed by atoms with Crippen molar-refractivity contribution in [2.75, 3.05) is 4.90 Å². The highest BCUT2D eigenvalue weighted by Gasteiger charge is 2.35. The molecule has 2 amide bonds. The van der Waals surface area contributed by atoms with Crippen LogP contribution in [0.15, 0.2) is 48.5 Å². The minimum absolute atomic E-state index is 0.0423. The lowest BCUT2D eigenvalue weighted by atomic mass is 10.1. The lowest BCUT2D eigenvalue weighted by Gasteiger charge is -2.19. The van der Waals surface area contributed by atoms with Crippen molar-refractivity contribution in [3.8, 4) is 11.4 Å². The number of hydrogen-bond donors (Lipinski definition) is 2. The summed E-state index contributed by atoms with van der Waals surface area (Å²) in [6, 6.07) is 15.2. The molecule has 1 aliphatic heterocycles. The molecule has 28 heavy (non-hydrogen) atoms. The molecule has 140 valence electrons. The Morgan fingerprint density at radius 2 is 1.79 bits per heavy atom. The summed E-state index contributed by atoms with van der Waals surface area (Å²) in [6.07, 6.45) is 0.0423. The number of amides is 2. The summed E-state index contributed by atoms with van der Waals surface area (Å²) >= 11 is 0. The highest BCUT2D eigenvalue weighted by atomic mass is 16.2. The molecule has 0 saturated heterocycles. The highest BCUT2D eigenvalue weighted by molar-refractivity contribution is 6.10. The third-order valence-corrected chi connectivity index (χ3v) is 4.79. The molecule has 0 spiro atoms. The molecule has 0 fully saturated rings. The van der Waals surface area contributed by atoms with Gasteiger partial charge in [0.25, 0.3) is 5.91 Å². The number of hydrogen-bond acceptors (Lipinski definition) is 5. The predicted molar refractivity (Wildman–Crippen MR) is 106 cm³/mol. The fraction of sp³-hybridized carbons (Fsp3) is 0.143. The number of nitrogens with two attached hydrogens (primary N) is 1. The van der Waals surface area contributed by atoms with E-state index < -0.39 is 5.91 Å². The molecule has 2 heterocycles. The van der Waals surface area contributed by atoms with Crippen molar-refractivity contribution in [1.29, 1.82) is 0 Å². The summed E-state index contributed by atoms with van der Waals surface area (Å²) in [7, 11) is 0. The van der Waals surface area contributed by atoms with Crippen molar-refractivity contribution >= 4 is 23.3 Å². The predicted octanol–water partition coefficient (Wildman–Crippen LogP) is 2.58. The molecule has 0 saturated carbocycles. The van der Waals surface area contributed by atoms with Crippen molar-refractivity contribution < 1.29 is 9.59 Å². The van der Waals surface area contributed by atoms with E-state index in [9.17, 15) is 9.59 Å². The zero-order valence-electron chi connectivity index (χ0n) is 15.6. The van der Waals surface area contributed by atoms with Gasteiger partial charge in [-0.05, 0) is 25.5 Å². The Bertz CT molecular complexity index is 1090. The van der Waals surface area contributed by atoms with Crippen LogP contribution in [0.4, 0.5) is 11.5 Å². The summed E-state index contributed by atoms with van der Waals surface area (Å²) in [5.41, 5.74) is 6.24. The normalized spacial score (nSPS) is 12.8. The third-order valence-electron chi connectivity index (χ3n) is 4.79. The van der Waals surface area contributed by atoms with Crippen LogP contribution in [-0.2, 0) is 11.2 Å². The van der Waals surface area contributed by atoms with Gasteiger partial charge in [-0.2, -0.15) is 0 Å². The first kappa shape index (κ1) is 17.8. The number of hydrazine groups is 1. The van der Waals surface area contributed by atoms with Crippen LogP contribution in [0.1, 0.15) is 27.2 Å². The summed E-state index contributed by atoms with van der Waals surface area (Å²) in [5, 5.41) is 0. The Morgan fingerprint density at radius 1 is 1.07 bits per heavy atom. The number of rotatable bonds is 3. The number of anilines is 2. The van der Waals surface area contributed by atoms with Gasteiger partial charge in [-0.25, -0.2) is 15.8 Å². The number of aromatic nitrogens is 2. The number of para-hydroxylation sites is 1. The van der Waals surface area contributed by atoms with Crippen LogP contribution in [0.2, 0.25) is 0 Å². The highest BCUT2D eigenvalue weighted by Crippen LogP contribution is 2.38. The van der Waals surface area contributed by atoms with Crippen LogP contribution in [0.3, 0.4) is 0 Å². The molecule has 0 radical (unpaired) electrons. The summed E-state index contributed by atoms with van der Waals surface area (Å²) < 4.78 is 0. The monoisotopic (exact) mass is 373 g/mol. The van der Waals surface area contributed by atoms with Gasteiger partial charge in [0.05, 0.1) is 12.1 Å². The van der Waals surface area contributed by atoms with Gasteiger partial charge in [0.15, 0.2) is 5.82 Å². The average molecular weight is 373 g/mol. The maximum absolute atomic E-state index is 12.8.